The van der Waals surface area contributed by atoms with Crippen LogP contribution in [0.2, 0.25) is 0 Å². The number of nitriles is 3. The Kier molecular flexibility index (Phi) is 4.47. The van der Waals surface area contributed by atoms with E-state index in [1.54, 1.807) is 26.0 Å². The SMILES string of the molecule is C=CC(C)=C(C#N)C(C)=C(C#N)C#N. The van der Waals surface area contributed by atoms with Gasteiger partial charge in [0.15, 0.2) is 0 Å². The maximum absolute atomic E-state index is 8.83. The smallest absolute Gasteiger partial charge is 0.133 e. The van der Waals surface area contributed by atoms with Crippen molar-refractivity contribution in [2.24, 2.45) is 0 Å². The zero-order valence-electron chi connectivity index (χ0n) is 8.13. The molecule has 0 atom stereocenters. The van der Waals surface area contributed by atoms with Crippen LogP contribution in [0.1, 0.15) is 13.8 Å². The molecule has 0 bridgehead atoms. The van der Waals surface area contributed by atoms with Crippen LogP contribution in [0, 0.1) is 34.0 Å². The molecule has 0 aliphatic heterocycles. The molecule has 0 aromatic heterocycles. The summed E-state index contributed by atoms with van der Waals surface area (Å²) in [6.07, 6.45) is 1.52. The highest BCUT2D eigenvalue weighted by Crippen LogP contribution is 2.17. The number of nitrogens with zero attached hydrogens (tertiary/aromatic N) is 3. The van der Waals surface area contributed by atoms with E-state index < -0.39 is 0 Å². The van der Waals surface area contributed by atoms with E-state index in [1.807, 2.05) is 6.07 Å². The molecule has 0 amide bonds. The van der Waals surface area contributed by atoms with Gasteiger partial charge in [-0.15, -0.1) is 0 Å². The Morgan fingerprint density at radius 3 is 1.86 bits per heavy atom. The van der Waals surface area contributed by atoms with Gasteiger partial charge in [0.05, 0.1) is 11.6 Å². The lowest BCUT2D eigenvalue weighted by Gasteiger charge is -2.00. The lowest BCUT2D eigenvalue weighted by molar-refractivity contribution is 1.30. The zero-order valence-corrected chi connectivity index (χ0v) is 8.13. The molecule has 3 nitrogen and oxygen atoms in total. The Morgan fingerprint density at radius 1 is 1.07 bits per heavy atom. The van der Waals surface area contributed by atoms with Gasteiger partial charge in [-0.3, -0.25) is 0 Å². The normalized spacial score (nSPS) is 9.93. The fraction of sp³-hybridized carbons (Fsp3) is 0.182. The summed E-state index contributed by atoms with van der Waals surface area (Å²) in [7, 11) is 0. The molecule has 0 unspecified atom stereocenters. The van der Waals surface area contributed by atoms with Crippen LogP contribution in [0.3, 0.4) is 0 Å². The van der Waals surface area contributed by atoms with E-state index in [0.29, 0.717) is 16.7 Å². The maximum Gasteiger partial charge on any atom is 0.133 e. The van der Waals surface area contributed by atoms with E-state index in [0.717, 1.165) is 0 Å². The minimum atomic E-state index is -0.0391. The summed E-state index contributed by atoms with van der Waals surface area (Å²) >= 11 is 0. The maximum atomic E-state index is 8.83. The highest BCUT2D eigenvalue weighted by atomic mass is 14.3. The van der Waals surface area contributed by atoms with E-state index in [1.165, 1.54) is 6.08 Å². The molecule has 0 radical (unpaired) electrons. The highest BCUT2D eigenvalue weighted by Gasteiger charge is 2.07. The van der Waals surface area contributed by atoms with Crippen LogP contribution in [-0.2, 0) is 0 Å². The Morgan fingerprint density at radius 2 is 1.57 bits per heavy atom. The van der Waals surface area contributed by atoms with E-state index >= 15 is 0 Å². The average molecular weight is 183 g/mol. The molecule has 0 aliphatic carbocycles. The summed E-state index contributed by atoms with van der Waals surface area (Å²) in [5.74, 6) is 0. The predicted octanol–water partition coefficient (Wildman–Crippen LogP) is 2.38. The van der Waals surface area contributed by atoms with Crippen LogP contribution in [0.4, 0.5) is 0 Å². The van der Waals surface area contributed by atoms with Crippen molar-refractivity contribution in [2.75, 3.05) is 0 Å². The Hall–Kier alpha value is -2.31. The summed E-state index contributed by atoms with van der Waals surface area (Å²) in [6.45, 7) is 6.81. The van der Waals surface area contributed by atoms with Gasteiger partial charge in [-0.25, -0.2) is 0 Å². The van der Waals surface area contributed by atoms with Crippen LogP contribution in [0.15, 0.2) is 34.9 Å². The fourth-order valence-corrected chi connectivity index (χ4v) is 0.888. The van der Waals surface area contributed by atoms with Crippen molar-refractivity contribution in [3.8, 4) is 18.2 Å². The quantitative estimate of drug-likeness (QED) is 0.487. The van der Waals surface area contributed by atoms with Gasteiger partial charge in [-0.05, 0) is 25.0 Å². The summed E-state index contributed by atoms with van der Waals surface area (Å²) in [5.41, 5.74) is 1.35. The molecule has 0 heterocycles. The third-order valence-corrected chi connectivity index (χ3v) is 1.79. The van der Waals surface area contributed by atoms with Crippen molar-refractivity contribution in [1.29, 1.82) is 15.8 Å². The summed E-state index contributed by atoms with van der Waals surface area (Å²) in [6, 6.07) is 5.44. The average Bonchev–Trinajstić information content (AvgIpc) is 2.20. The minimum Gasteiger partial charge on any atom is -0.192 e. The van der Waals surface area contributed by atoms with Gasteiger partial charge in [-0.2, -0.15) is 15.8 Å². The Labute approximate surface area is 83.5 Å². The van der Waals surface area contributed by atoms with Gasteiger partial charge in [-0.1, -0.05) is 12.7 Å². The van der Waals surface area contributed by atoms with Gasteiger partial charge in [0.1, 0.15) is 17.7 Å². The molecule has 0 rings (SSSR count). The van der Waals surface area contributed by atoms with Crippen molar-refractivity contribution in [3.05, 3.63) is 34.9 Å². The van der Waals surface area contributed by atoms with Crippen LogP contribution < -0.4 is 0 Å². The Bertz CT molecular complexity index is 415. The van der Waals surface area contributed by atoms with E-state index in [-0.39, 0.29) is 5.57 Å². The number of allylic oxidation sites excluding steroid dienone is 5. The molecule has 14 heavy (non-hydrogen) atoms. The first-order chi connectivity index (χ1) is 6.62. The predicted molar refractivity (Wildman–Crippen MR) is 52.4 cm³/mol. The number of hydrogen-bond donors (Lipinski definition) is 0. The standard InChI is InChI=1S/C11H9N3/c1-4-8(2)11(7-14)9(3)10(5-12)6-13/h4H,1H2,2-3H3. The van der Waals surface area contributed by atoms with Crippen molar-refractivity contribution in [3.63, 3.8) is 0 Å². The molecule has 0 aliphatic rings. The van der Waals surface area contributed by atoms with Gasteiger partial charge in [0.2, 0.25) is 0 Å². The van der Waals surface area contributed by atoms with Crippen molar-refractivity contribution < 1.29 is 0 Å². The lowest BCUT2D eigenvalue weighted by atomic mass is 9.99. The van der Waals surface area contributed by atoms with Crippen LogP contribution in [0.5, 0.6) is 0 Å². The van der Waals surface area contributed by atoms with Crippen molar-refractivity contribution in [1.82, 2.24) is 0 Å². The molecule has 0 N–H and O–H groups in total. The van der Waals surface area contributed by atoms with E-state index in [9.17, 15) is 0 Å². The highest BCUT2D eigenvalue weighted by molar-refractivity contribution is 5.55. The first kappa shape index (κ1) is 11.7. The monoisotopic (exact) mass is 183 g/mol. The molecule has 3 heteroatoms. The summed E-state index contributed by atoms with van der Waals surface area (Å²) < 4.78 is 0. The van der Waals surface area contributed by atoms with Crippen LogP contribution in [-0.4, -0.2) is 0 Å². The van der Waals surface area contributed by atoms with Crippen molar-refractivity contribution in [2.45, 2.75) is 13.8 Å². The van der Waals surface area contributed by atoms with E-state index in [2.05, 4.69) is 6.58 Å². The van der Waals surface area contributed by atoms with Crippen LogP contribution in [0.25, 0.3) is 0 Å². The van der Waals surface area contributed by atoms with Crippen LogP contribution >= 0.6 is 0 Å². The second-order valence-electron chi connectivity index (χ2n) is 2.60. The van der Waals surface area contributed by atoms with Gasteiger partial charge < -0.3 is 0 Å². The summed E-state index contributed by atoms with van der Waals surface area (Å²) in [4.78, 5) is 0. The molecular formula is C11H9N3. The second-order valence-corrected chi connectivity index (χ2v) is 2.60. The first-order valence-electron chi connectivity index (χ1n) is 3.87. The molecular weight excluding hydrogens is 174 g/mol. The minimum absolute atomic E-state index is 0.0391. The van der Waals surface area contributed by atoms with Gasteiger partial charge in [0, 0.05) is 0 Å². The van der Waals surface area contributed by atoms with Gasteiger partial charge in [0.25, 0.3) is 0 Å². The second kappa shape index (κ2) is 5.36. The largest absolute Gasteiger partial charge is 0.192 e. The number of hydrogen-bond acceptors (Lipinski definition) is 3. The van der Waals surface area contributed by atoms with Gasteiger partial charge >= 0.3 is 0 Å². The summed E-state index contributed by atoms with van der Waals surface area (Å²) in [5, 5.41) is 26.0. The molecule has 0 saturated carbocycles. The molecule has 0 aromatic carbocycles. The van der Waals surface area contributed by atoms with Crippen molar-refractivity contribution >= 4 is 0 Å². The zero-order chi connectivity index (χ0) is 11.1. The number of rotatable bonds is 2. The molecule has 0 spiro atoms. The topological polar surface area (TPSA) is 71.4 Å². The molecule has 0 aromatic rings. The molecule has 0 fully saturated rings. The third-order valence-electron chi connectivity index (χ3n) is 1.79. The third kappa shape index (κ3) is 2.34. The molecule has 68 valence electrons. The lowest BCUT2D eigenvalue weighted by Crippen LogP contribution is -1.90. The fourth-order valence-electron chi connectivity index (χ4n) is 0.888. The van der Waals surface area contributed by atoms with E-state index in [4.69, 9.17) is 15.8 Å². The first-order valence-corrected chi connectivity index (χ1v) is 3.87. The Balaban J connectivity index is 5.70. The molecule has 0 saturated heterocycles.